The van der Waals surface area contributed by atoms with E-state index in [1.54, 1.807) is 6.07 Å². The summed E-state index contributed by atoms with van der Waals surface area (Å²) in [6, 6.07) is 5.73. The van der Waals surface area contributed by atoms with Crippen molar-refractivity contribution in [2.24, 2.45) is 0 Å². The van der Waals surface area contributed by atoms with Gasteiger partial charge in [-0.3, -0.25) is 0 Å². The van der Waals surface area contributed by atoms with Gasteiger partial charge >= 0.3 is 6.18 Å². The maximum Gasteiger partial charge on any atom is 0.411 e. The molecule has 0 amide bonds. The summed E-state index contributed by atoms with van der Waals surface area (Å²) in [5.74, 6) is 0.549. The molecule has 21 heavy (non-hydrogen) atoms. The van der Waals surface area contributed by atoms with E-state index in [4.69, 9.17) is 4.74 Å². The molecule has 1 aromatic rings. The van der Waals surface area contributed by atoms with Gasteiger partial charge in [0.05, 0.1) is 0 Å². The number of hydrogen-bond acceptors (Lipinski definition) is 3. The number of nitrogens with one attached hydrogen (secondary N) is 1. The lowest BCUT2D eigenvalue weighted by molar-refractivity contribution is -0.186. The molecule has 0 aliphatic carbocycles. The average molecular weight is 305 g/mol. The van der Waals surface area contributed by atoms with Crippen LogP contribution in [0.25, 0.3) is 0 Å². The Morgan fingerprint density at radius 1 is 1.29 bits per heavy atom. The van der Waals surface area contributed by atoms with E-state index >= 15 is 0 Å². The van der Waals surface area contributed by atoms with Crippen molar-refractivity contribution in [1.29, 1.82) is 0 Å². The average Bonchev–Trinajstić information content (AvgIpc) is 2.40. The van der Waals surface area contributed by atoms with Gasteiger partial charge in [-0.25, -0.2) is 0 Å². The van der Waals surface area contributed by atoms with E-state index in [0.29, 0.717) is 5.75 Å². The Labute approximate surface area is 123 Å². The monoisotopic (exact) mass is 305 g/mol. The fraction of sp³-hybridized carbons (Fsp3) is 0.600. The SMILES string of the molecule is CCCNC(C)c1ccc(C)cc1OCOCC(F)(F)F. The van der Waals surface area contributed by atoms with Crippen molar-refractivity contribution in [3.05, 3.63) is 29.3 Å². The molecule has 0 saturated heterocycles. The van der Waals surface area contributed by atoms with E-state index in [1.165, 1.54) is 0 Å². The lowest BCUT2D eigenvalue weighted by Crippen LogP contribution is -2.21. The van der Waals surface area contributed by atoms with E-state index in [-0.39, 0.29) is 6.04 Å². The minimum Gasteiger partial charge on any atom is -0.467 e. The van der Waals surface area contributed by atoms with Gasteiger partial charge in [0.25, 0.3) is 0 Å². The van der Waals surface area contributed by atoms with Crippen molar-refractivity contribution < 1.29 is 22.6 Å². The minimum absolute atomic E-state index is 0.0585. The van der Waals surface area contributed by atoms with Crippen molar-refractivity contribution >= 4 is 0 Å². The molecule has 0 heterocycles. The zero-order valence-corrected chi connectivity index (χ0v) is 12.6. The summed E-state index contributed by atoms with van der Waals surface area (Å²) >= 11 is 0. The second-order valence-electron chi connectivity index (χ2n) is 4.94. The number of aryl methyl sites for hydroxylation is 1. The number of hydrogen-bond donors (Lipinski definition) is 1. The first-order chi connectivity index (χ1) is 9.83. The van der Waals surface area contributed by atoms with Crippen LogP contribution in [0, 0.1) is 6.92 Å². The summed E-state index contributed by atoms with van der Waals surface area (Å²) in [5.41, 5.74) is 1.89. The van der Waals surface area contributed by atoms with E-state index in [0.717, 1.165) is 24.1 Å². The molecule has 0 fully saturated rings. The zero-order valence-electron chi connectivity index (χ0n) is 12.6. The van der Waals surface area contributed by atoms with Crippen molar-refractivity contribution in [3.8, 4) is 5.75 Å². The molecular formula is C15H22F3NO2. The number of ether oxygens (including phenoxy) is 2. The first-order valence-corrected chi connectivity index (χ1v) is 6.94. The van der Waals surface area contributed by atoms with Gasteiger partial charge in [-0.15, -0.1) is 0 Å². The molecule has 1 aromatic carbocycles. The molecule has 0 aromatic heterocycles. The number of alkyl halides is 3. The number of halogens is 3. The minimum atomic E-state index is -4.34. The molecule has 0 aliphatic rings. The fourth-order valence-electron chi connectivity index (χ4n) is 1.86. The Hall–Kier alpha value is -1.27. The summed E-state index contributed by atoms with van der Waals surface area (Å²) < 4.78 is 45.8. The normalized spacial score (nSPS) is 13.2. The van der Waals surface area contributed by atoms with E-state index in [2.05, 4.69) is 17.0 Å². The van der Waals surface area contributed by atoms with Crippen LogP contribution in [0.5, 0.6) is 5.75 Å². The first-order valence-electron chi connectivity index (χ1n) is 6.94. The highest BCUT2D eigenvalue weighted by atomic mass is 19.4. The van der Waals surface area contributed by atoms with Gasteiger partial charge in [-0.2, -0.15) is 13.2 Å². The Kier molecular flexibility index (Phi) is 6.98. The van der Waals surface area contributed by atoms with Gasteiger partial charge in [-0.1, -0.05) is 19.1 Å². The quantitative estimate of drug-likeness (QED) is 0.582. The molecule has 3 nitrogen and oxygen atoms in total. The van der Waals surface area contributed by atoms with Crippen molar-refractivity contribution in [3.63, 3.8) is 0 Å². The molecule has 0 saturated carbocycles. The van der Waals surface area contributed by atoms with Gasteiger partial charge in [0, 0.05) is 11.6 Å². The number of benzene rings is 1. The molecule has 0 aliphatic heterocycles. The standard InChI is InChI=1S/C15H22F3NO2/c1-4-7-19-12(3)13-6-5-11(2)8-14(13)21-10-20-9-15(16,17)18/h5-6,8,12,19H,4,7,9-10H2,1-3H3. The van der Waals surface area contributed by atoms with Crippen LogP contribution in [0.4, 0.5) is 13.2 Å². The third kappa shape index (κ3) is 6.82. The van der Waals surface area contributed by atoms with Crippen molar-refractivity contribution in [1.82, 2.24) is 5.32 Å². The van der Waals surface area contributed by atoms with E-state index in [9.17, 15) is 13.2 Å². The third-order valence-corrected chi connectivity index (χ3v) is 2.90. The summed E-state index contributed by atoms with van der Waals surface area (Å²) in [4.78, 5) is 0. The molecule has 0 radical (unpaired) electrons. The van der Waals surface area contributed by atoms with Crippen LogP contribution in [-0.4, -0.2) is 26.1 Å². The van der Waals surface area contributed by atoms with E-state index in [1.807, 2.05) is 26.0 Å². The van der Waals surface area contributed by atoms with Crippen LogP contribution in [0.15, 0.2) is 18.2 Å². The van der Waals surface area contributed by atoms with Gasteiger partial charge in [0.15, 0.2) is 6.79 Å². The van der Waals surface area contributed by atoms with Crippen LogP contribution in [0.1, 0.15) is 37.4 Å². The third-order valence-electron chi connectivity index (χ3n) is 2.90. The van der Waals surface area contributed by atoms with Crippen LogP contribution in [0.2, 0.25) is 0 Å². The lowest BCUT2D eigenvalue weighted by Gasteiger charge is -2.19. The Morgan fingerprint density at radius 3 is 2.62 bits per heavy atom. The molecule has 1 rings (SSSR count). The fourth-order valence-corrected chi connectivity index (χ4v) is 1.86. The number of rotatable bonds is 8. The van der Waals surface area contributed by atoms with Gasteiger partial charge in [0.1, 0.15) is 12.4 Å². The maximum atomic E-state index is 12.0. The van der Waals surface area contributed by atoms with Gasteiger partial charge in [0.2, 0.25) is 0 Å². The molecule has 120 valence electrons. The topological polar surface area (TPSA) is 30.5 Å². The highest BCUT2D eigenvalue weighted by molar-refractivity contribution is 5.39. The second-order valence-corrected chi connectivity index (χ2v) is 4.94. The molecule has 6 heteroatoms. The highest BCUT2D eigenvalue weighted by Gasteiger charge is 2.27. The molecule has 0 bridgehead atoms. The molecule has 1 N–H and O–H groups in total. The van der Waals surface area contributed by atoms with Crippen LogP contribution in [0.3, 0.4) is 0 Å². The summed E-state index contributed by atoms with van der Waals surface area (Å²) in [5, 5.41) is 3.32. The van der Waals surface area contributed by atoms with Crippen LogP contribution >= 0.6 is 0 Å². The first kappa shape index (κ1) is 17.8. The zero-order chi connectivity index (χ0) is 15.9. The summed E-state index contributed by atoms with van der Waals surface area (Å²) in [6.45, 7) is 5.09. The summed E-state index contributed by atoms with van der Waals surface area (Å²) in [6.07, 6.45) is -3.34. The van der Waals surface area contributed by atoms with Crippen LogP contribution in [-0.2, 0) is 4.74 Å². The maximum absolute atomic E-state index is 12.0. The Bertz CT molecular complexity index is 435. The smallest absolute Gasteiger partial charge is 0.411 e. The van der Waals surface area contributed by atoms with Crippen molar-refractivity contribution in [2.45, 2.75) is 39.4 Å². The Morgan fingerprint density at radius 2 is 2.00 bits per heavy atom. The Balaban J connectivity index is 2.64. The predicted octanol–water partition coefficient (Wildman–Crippen LogP) is 3.97. The largest absolute Gasteiger partial charge is 0.467 e. The molecule has 1 atom stereocenters. The molecule has 0 spiro atoms. The molecular weight excluding hydrogens is 283 g/mol. The van der Waals surface area contributed by atoms with Gasteiger partial charge in [-0.05, 0) is 38.4 Å². The second kappa shape index (κ2) is 8.24. The van der Waals surface area contributed by atoms with Crippen molar-refractivity contribution in [2.75, 3.05) is 19.9 Å². The molecule has 1 unspecified atom stereocenters. The summed E-state index contributed by atoms with van der Waals surface area (Å²) in [7, 11) is 0. The van der Waals surface area contributed by atoms with E-state index < -0.39 is 19.6 Å². The van der Waals surface area contributed by atoms with Gasteiger partial charge < -0.3 is 14.8 Å². The predicted molar refractivity (Wildman–Crippen MR) is 75.4 cm³/mol. The lowest BCUT2D eigenvalue weighted by atomic mass is 10.0. The van der Waals surface area contributed by atoms with Crippen LogP contribution < -0.4 is 10.1 Å². The highest BCUT2D eigenvalue weighted by Crippen LogP contribution is 2.26.